The number of methoxy groups -OCH3 is 1. The van der Waals surface area contributed by atoms with Gasteiger partial charge in [-0.25, -0.2) is 4.79 Å². The molecule has 108 valence electrons. The lowest BCUT2D eigenvalue weighted by Crippen LogP contribution is -2.08. The molecule has 0 bridgehead atoms. The van der Waals surface area contributed by atoms with Crippen LogP contribution in [0.25, 0.3) is 0 Å². The van der Waals surface area contributed by atoms with Crippen LogP contribution < -0.4 is 14.2 Å². The van der Waals surface area contributed by atoms with E-state index in [2.05, 4.69) is 4.74 Å². The predicted molar refractivity (Wildman–Crippen MR) is 75.8 cm³/mol. The molecule has 0 aliphatic heterocycles. The highest BCUT2D eigenvalue weighted by molar-refractivity contribution is 5.91. The maximum atomic E-state index is 12.0. The van der Waals surface area contributed by atoms with Crippen molar-refractivity contribution in [2.45, 2.75) is 6.92 Å². The fourth-order valence-electron chi connectivity index (χ4n) is 1.81. The van der Waals surface area contributed by atoms with Gasteiger partial charge in [0.15, 0.2) is 0 Å². The molecule has 0 unspecified atom stereocenters. The van der Waals surface area contributed by atoms with Gasteiger partial charge in [0.2, 0.25) is 0 Å². The van der Waals surface area contributed by atoms with E-state index in [0.29, 0.717) is 23.5 Å². The van der Waals surface area contributed by atoms with E-state index in [1.54, 1.807) is 25.3 Å². The molecule has 0 aliphatic rings. The summed E-state index contributed by atoms with van der Waals surface area (Å²) in [5, 5.41) is 0. The molecular formula is C16H14O5. The molecule has 0 atom stereocenters. The van der Waals surface area contributed by atoms with E-state index in [-0.39, 0.29) is 0 Å². The Kier molecular flexibility index (Phi) is 4.56. The minimum atomic E-state index is -0.489. The quantitative estimate of drug-likeness (QED) is 0.480. The predicted octanol–water partition coefficient (Wildman–Crippen LogP) is 2.76. The third kappa shape index (κ3) is 3.60. The van der Waals surface area contributed by atoms with Gasteiger partial charge in [0.05, 0.1) is 12.7 Å². The molecule has 21 heavy (non-hydrogen) atoms. The van der Waals surface area contributed by atoms with Crippen molar-refractivity contribution in [2.75, 3.05) is 7.11 Å². The lowest BCUT2D eigenvalue weighted by Gasteiger charge is -2.08. The van der Waals surface area contributed by atoms with E-state index in [4.69, 9.17) is 9.47 Å². The van der Waals surface area contributed by atoms with Crippen molar-refractivity contribution < 1.29 is 23.8 Å². The van der Waals surface area contributed by atoms with Crippen molar-refractivity contribution in [3.63, 3.8) is 0 Å². The summed E-state index contributed by atoms with van der Waals surface area (Å²) < 4.78 is 15.1. The van der Waals surface area contributed by atoms with E-state index in [0.717, 1.165) is 11.3 Å². The topological polar surface area (TPSA) is 61.8 Å². The van der Waals surface area contributed by atoms with E-state index in [1.807, 2.05) is 6.92 Å². The number of benzene rings is 2. The smallest absolute Gasteiger partial charge is 0.343 e. The average molecular weight is 286 g/mol. The van der Waals surface area contributed by atoms with Gasteiger partial charge in [0, 0.05) is 0 Å². The van der Waals surface area contributed by atoms with Gasteiger partial charge in [0.1, 0.15) is 17.2 Å². The molecule has 0 saturated heterocycles. The van der Waals surface area contributed by atoms with Crippen molar-refractivity contribution >= 4 is 12.4 Å². The van der Waals surface area contributed by atoms with Gasteiger partial charge in [-0.3, -0.25) is 4.79 Å². The van der Waals surface area contributed by atoms with Crippen molar-refractivity contribution in [1.29, 1.82) is 0 Å². The first kappa shape index (κ1) is 14.6. The lowest BCUT2D eigenvalue weighted by molar-refractivity contribution is -0.120. The second-order valence-electron chi connectivity index (χ2n) is 4.26. The van der Waals surface area contributed by atoms with Crippen LogP contribution in [0.5, 0.6) is 17.2 Å². The number of esters is 1. The van der Waals surface area contributed by atoms with E-state index in [1.165, 1.54) is 24.3 Å². The largest absolute Gasteiger partial charge is 0.496 e. The minimum Gasteiger partial charge on any atom is -0.496 e. The number of hydrogen-bond donors (Lipinski definition) is 0. The molecular weight excluding hydrogens is 272 g/mol. The van der Waals surface area contributed by atoms with Gasteiger partial charge < -0.3 is 14.2 Å². The summed E-state index contributed by atoms with van der Waals surface area (Å²) in [6.45, 7) is 2.19. The fourth-order valence-corrected chi connectivity index (χ4v) is 1.81. The van der Waals surface area contributed by atoms with Crippen LogP contribution in [-0.4, -0.2) is 19.6 Å². The van der Waals surface area contributed by atoms with Crippen molar-refractivity contribution in [2.24, 2.45) is 0 Å². The molecule has 5 heteroatoms. The van der Waals surface area contributed by atoms with E-state index < -0.39 is 5.97 Å². The average Bonchev–Trinajstić information content (AvgIpc) is 2.48. The molecule has 0 heterocycles. The van der Waals surface area contributed by atoms with Crippen LogP contribution >= 0.6 is 0 Å². The molecule has 0 aliphatic carbocycles. The maximum Gasteiger partial charge on any atom is 0.343 e. The third-order valence-electron chi connectivity index (χ3n) is 2.85. The fraction of sp³-hybridized carbons (Fsp3) is 0.125. The van der Waals surface area contributed by atoms with Crippen LogP contribution in [0.4, 0.5) is 0 Å². The number of aryl methyl sites for hydroxylation is 1. The lowest BCUT2D eigenvalue weighted by atomic mass is 10.2. The molecule has 0 fully saturated rings. The molecule has 0 aromatic heterocycles. The minimum absolute atomic E-state index is 0.327. The Morgan fingerprint density at radius 2 is 1.71 bits per heavy atom. The zero-order valence-electron chi connectivity index (χ0n) is 11.7. The Labute approximate surface area is 122 Å². The first-order valence-electron chi connectivity index (χ1n) is 6.21. The molecule has 0 spiro atoms. The molecule has 0 radical (unpaired) electrons. The van der Waals surface area contributed by atoms with Gasteiger partial charge in [-0.1, -0.05) is 0 Å². The van der Waals surface area contributed by atoms with Crippen molar-refractivity contribution in [3.8, 4) is 17.2 Å². The number of hydrogen-bond acceptors (Lipinski definition) is 5. The van der Waals surface area contributed by atoms with Crippen LogP contribution in [-0.2, 0) is 4.79 Å². The molecule has 0 amide bonds. The molecule has 2 rings (SSSR count). The number of carbonyl (C=O) groups excluding carboxylic acids is 2. The van der Waals surface area contributed by atoms with Crippen LogP contribution in [0, 0.1) is 6.92 Å². The summed E-state index contributed by atoms with van der Waals surface area (Å²) in [5.41, 5.74) is 1.24. The highest BCUT2D eigenvalue weighted by atomic mass is 16.5. The van der Waals surface area contributed by atoms with E-state index in [9.17, 15) is 9.59 Å². The Bertz CT molecular complexity index is 646. The number of rotatable bonds is 5. The summed E-state index contributed by atoms with van der Waals surface area (Å²) in [6, 6.07) is 11.2. The van der Waals surface area contributed by atoms with Gasteiger partial charge in [0.25, 0.3) is 6.47 Å². The highest BCUT2D eigenvalue weighted by Gasteiger charge is 2.10. The van der Waals surface area contributed by atoms with Gasteiger partial charge in [-0.05, 0) is 55.0 Å². The zero-order valence-corrected chi connectivity index (χ0v) is 11.7. The Morgan fingerprint density at radius 1 is 1.05 bits per heavy atom. The molecule has 2 aromatic carbocycles. The number of carbonyl (C=O) groups is 2. The van der Waals surface area contributed by atoms with Gasteiger partial charge in [-0.2, -0.15) is 0 Å². The van der Waals surface area contributed by atoms with Gasteiger partial charge in [-0.15, -0.1) is 0 Å². The summed E-state index contributed by atoms with van der Waals surface area (Å²) in [4.78, 5) is 22.2. The van der Waals surface area contributed by atoms with Crippen LogP contribution in [0.1, 0.15) is 15.9 Å². The second-order valence-corrected chi connectivity index (χ2v) is 4.26. The Morgan fingerprint density at radius 3 is 2.29 bits per heavy atom. The molecule has 2 aromatic rings. The van der Waals surface area contributed by atoms with E-state index >= 15 is 0 Å². The second kappa shape index (κ2) is 6.56. The first-order valence-corrected chi connectivity index (χ1v) is 6.21. The summed E-state index contributed by atoms with van der Waals surface area (Å²) in [7, 11) is 1.58. The zero-order chi connectivity index (χ0) is 15.2. The Balaban J connectivity index is 2.10. The maximum absolute atomic E-state index is 12.0. The van der Waals surface area contributed by atoms with Crippen molar-refractivity contribution in [1.82, 2.24) is 0 Å². The molecule has 0 N–H and O–H groups in total. The highest BCUT2D eigenvalue weighted by Crippen LogP contribution is 2.23. The first-order chi connectivity index (χ1) is 10.1. The van der Waals surface area contributed by atoms with Gasteiger partial charge >= 0.3 is 5.97 Å². The summed E-state index contributed by atoms with van der Waals surface area (Å²) in [6.07, 6.45) is 0. The normalized spacial score (nSPS) is 9.81. The van der Waals surface area contributed by atoms with Crippen LogP contribution in [0.15, 0.2) is 42.5 Å². The molecule has 0 saturated carbocycles. The summed E-state index contributed by atoms with van der Waals surface area (Å²) in [5.74, 6) is 1.04. The summed E-state index contributed by atoms with van der Waals surface area (Å²) >= 11 is 0. The Hall–Kier alpha value is -2.82. The number of ether oxygens (including phenoxy) is 3. The van der Waals surface area contributed by atoms with Crippen LogP contribution in [0.2, 0.25) is 0 Å². The molecule has 5 nitrogen and oxygen atoms in total. The standard InChI is InChI=1S/C16H14O5/c1-11-9-14(7-8-15(11)19-2)21-16(18)12-3-5-13(6-4-12)20-10-17/h3-10H,1-2H3. The SMILES string of the molecule is COc1ccc(OC(=O)c2ccc(OC=O)cc2)cc1C. The van der Waals surface area contributed by atoms with Crippen LogP contribution in [0.3, 0.4) is 0 Å². The monoisotopic (exact) mass is 286 g/mol. The third-order valence-corrected chi connectivity index (χ3v) is 2.85. The van der Waals surface area contributed by atoms with Crippen molar-refractivity contribution in [3.05, 3.63) is 53.6 Å².